The molecule has 1 aliphatic heterocycles. The van der Waals surface area contributed by atoms with Crippen LogP contribution in [0.1, 0.15) is 0 Å². The van der Waals surface area contributed by atoms with E-state index < -0.39 is 35.8 Å². The van der Waals surface area contributed by atoms with E-state index in [0.29, 0.717) is 5.56 Å². The Morgan fingerprint density at radius 2 is 1.72 bits per heavy atom. The predicted octanol–water partition coefficient (Wildman–Crippen LogP) is 0.689. The SMILES string of the molecule is O=c1c(OC2OCC(O)C(O)C2O)c(-c2ccccc2)oc2cc(O)cc(O)c12. The number of ether oxygens (including phenoxy) is 2. The summed E-state index contributed by atoms with van der Waals surface area (Å²) in [6, 6.07) is 10.6. The highest BCUT2D eigenvalue weighted by atomic mass is 16.7. The highest BCUT2D eigenvalue weighted by molar-refractivity contribution is 5.88. The van der Waals surface area contributed by atoms with Gasteiger partial charge in [-0.25, -0.2) is 0 Å². The van der Waals surface area contributed by atoms with Gasteiger partial charge in [-0.2, -0.15) is 0 Å². The minimum atomic E-state index is -1.63. The Bertz CT molecular complexity index is 1090. The molecule has 2 heterocycles. The first-order valence-corrected chi connectivity index (χ1v) is 8.77. The molecule has 9 nitrogen and oxygen atoms in total. The molecule has 9 heteroatoms. The maximum atomic E-state index is 13.1. The average molecular weight is 402 g/mol. The van der Waals surface area contributed by atoms with Crippen LogP contribution in [0.15, 0.2) is 51.7 Å². The molecule has 152 valence electrons. The van der Waals surface area contributed by atoms with Gasteiger partial charge in [-0.3, -0.25) is 4.79 Å². The molecule has 3 aromatic rings. The second-order valence-electron chi connectivity index (χ2n) is 6.66. The number of aliphatic hydroxyl groups excluding tert-OH is 3. The van der Waals surface area contributed by atoms with E-state index in [9.17, 15) is 30.3 Å². The molecule has 1 aliphatic rings. The van der Waals surface area contributed by atoms with Crippen LogP contribution in [-0.4, -0.2) is 56.7 Å². The van der Waals surface area contributed by atoms with Crippen molar-refractivity contribution >= 4 is 11.0 Å². The number of aliphatic hydroxyl groups is 3. The third-order valence-corrected chi connectivity index (χ3v) is 4.64. The van der Waals surface area contributed by atoms with Crippen LogP contribution in [0.5, 0.6) is 17.2 Å². The van der Waals surface area contributed by atoms with Crippen molar-refractivity contribution in [2.45, 2.75) is 24.6 Å². The molecule has 29 heavy (non-hydrogen) atoms. The second kappa shape index (κ2) is 7.37. The Balaban J connectivity index is 1.89. The monoisotopic (exact) mass is 402 g/mol. The van der Waals surface area contributed by atoms with Gasteiger partial charge in [0.25, 0.3) is 0 Å². The lowest BCUT2D eigenvalue weighted by Crippen LogP contribution is -2.55. The van der Waals surface area contributed by atoms with Crippen molar-refractivity contribution < 1.29 is 39.4 Å². The van der Waals surface area contributed by atoms with E-state index in [1.165, 1.54) is 6.07 Å². The summed E-state index contributed by atoms with van der Waals surface area (Å²) in [5.74, 6) is -1.20. The maximum Gasteiger partial charge on any atom is 0.239 e. The smallest absolute Gasteiger partial charge is 0.239 e. The summed E-state index contributed by atoms with van der Waals surface area (Å²) in [6.07, 6.45) is -5.94. The summed E-state index contributed by atoms with van der Waals surface area (Å²) in [5.41, 5.74) is -0.381. The van der Waals surface area contributed by atoms with E-state index in [2.05, 4.69) is 0 Å². The number of fused-ring (bicyclic) bond motifs is 1. The van der Waals surface area contributed by atoms with E-state index in [-0.39, 0.29) is 34.8 Å². The minimum absolute atomic E-state index is 0.0236. The Morgan fingerprint density at radius 3 is 2.45 bits per heavy atom. The van der Waals surface area contributed by atoms with Crippen molar-refractivity contribution in [3.8, 4) is 28.6 Å². The van der Waals surface area contributed by atoms with Crippen LogP contribution in [0.2, 0.25) is 0 Å². The van der Waals surface area contributed by atoms with E-state index in [1.54, 1.807) is 30.3 Å². The zero-order valence-electron chi connectivity index (χ0n) is 14.9. The lowest BCUT2D eigenvalue weighted by molar-refractivity contribution is -0.242. The molecule has 4 unspecified atom stereocenters. The largest absolute Gasteiger partial charge is 0.508 e. The van der Waals surface area contributed by atoms with Gasteiger partial charge in [-0.05, 0) is 0 Å². The fourth-order valence-corrected chi connectivity index (χ4v) is 3.15. The Kier molecular flexibility index (Phi) is 4.89. The molecular formula is C20H18O9. The highest BCUT2D eigenvalue weighted by Crippen LogP contribution is 2.36. The zero-order chi connectivity index (χ0) is 20.7. The molecule has 1 saturated heterocycles. The van der Waals surface area contributed by atoms with Crippen LogP contribution in [0.3, 0.4) is 0 Å². The fourth-order valence-electron chi connectivity index (χ4n) is 3.15. The topological polar surface area (TPSA) is 150 Å². The maximum absolute atomic E-state index is 13.1. The van der Waals surface area contributed by atoms with Crippen molar-refractivity contribution in [3.63, 3.8) is 0 Å². The molecule has 0 spiro atoms. The van der Waals surface area contributed by atoms with Crippen LogP contribution in [0, 0.1) is 0 Å². The van der Waals surface area contributed by atoms with Crippen molar-refractivity contribution in [2.75, 3.05) is 6.61 Å². The third kappa shape index (κ3) is 3.40. The molecule has 1 fully saturated rings. The van der Waals surface area contributed by atoms with Gasteiger partial charge in [-0.1, -0.05) is 30.3 Å². The summed E-state index contributed by atoms with van der Waals surface area (Å²) < 4.78 is 16.5. The lowest BCUT2D eigenvalue weighted by Gasteiger charge is -2.34. The van der Waals surface area contributed by atoms with Gasteiger partial charge in [-0.15, -0.1) is 0 Å². The van der Waals surface area contributed by atoms with Crippen molar-refractivity contribution in [2.24, 2.45) is 0 Å². The molecule has 5 N–H and O–H groups in total. The van der Waals surface area contributed by atoms with Crippen molar-refractivity contribution in [1.82, 2.24) is 0 Å². The van der Waals surface area contributed by atoms with Crippen molar-refractivity contribution in [3.05, 3.63) is 52.7 Å². The van der Waals surface area contributed by atoms with Crippen LogP contribution in [0.4, 0.5) is 0 Å². The number of phenols is 2. The zero-order valence-corrected chi connectivity index (χ0v) is 14.9. The van der Waals surface area contributed by atoms with Crippen LogP contribution >= 0.6 is 0 Å². The standard InChI is InChI=1S/C20H18O9/c21-10-6-11(22)14-13(7-10)28-18(9-4-2-1-3-5-9)19(16(14)25)29-20-17(26)15(24)12(23)8-27-20/h1-7,12,15,17,20-24,26H,8H2. The molecule has 4 rings (SSSR count). The van der Waals surface area contributed by atoms with Crippen LogP contribution in [0.25, 0.3) is 22.3 Å². The van der Waals surface area contributed by atoms with E-state index in [0.717, 1.165) is 6.07 Å². The molecule has 4 atom stereocenters. The number of hydrogen-bond acceptors (Lipinski definition) is 9. The summed E-state index contributed by atoms with van der Waals surface area (Å²) in [4.78, 5) is 13.1. The number of phenolic OH excluding ortho intramolecular Hbond substituents is 2. The quantitative estimate of drug-likeness (QED) is 0.426. The van der Waals surface area contributed by atoms with Crippen LogP contribution in [-0.2, 0) is 4.74 Å². The van der Waals surface area contributed by atoms with E-state index >= 15 is 0 Å². The molecule has 2 aromatic carbocycles. The first-order valence-electron chi connectivity index (χ1n) is 8.77. The van der Waals surface area contributed by atoms with Gasteiger partial charge in [0.15, 0.2) is 5.76 Å². The van der Waals surface area contributed by atoms with Gasteiger partial charge in [0, 0.05) is 17.7 Å². The van der Waals surface area contributed by atoms with E-state index in [1.807, 2.05) is 0 Å². The fraction of sp³-hybridized carbons (Fsp3) is 0.250. The van der Waals surface area contributed by atoms with E-state index in [4.69, 9.17) is 13.9 Å². The first-order chi connectivity index (χ1) is 13.9. The summed E-state index contributed by atoms with van der Waals surface area (Å²) >= 11 is 0. The molecule has 1 aromatic heterocycles. The number of hydrogen-bond donors (Lipinski definition) is 5. The Labute approximate surface area is 163 Å². The van der Waals surface area contributed by atoms with Gasteiger partial charge < -0.3 is 39.4 Å². The predicted molar refractivity (Wildman–Crippen MR) is 99.6 cm³/mol. The normalized spacial score (nSPS) is 24.5. The van der Waals surface area contributed by atoms with Gasteiger partial charge in [0.1, 0.15) is 40.8 Å². The van der Waals surface area contributed by atoms with Crippen molar-refractivity contribution in [1.29, 1.82) is 0 Å². The molecule has 0 saturated carbocycles. The summed E-state index contributed by atoms with van der Waals surface area (Å²) in [5, 5.41) is 49.2. The molecule has 0 aliphatic carbocycles. The third-order valence-electron chi connectivity index (χ3n) is 4.64. The molecular weight excluding hydrogens is 384 g/mol. The minimum Gasteiger partial charge on any atom is -0.508 e. The Morgan fingerprint density at radius 1 is 1.00 bits per heavy atom. The molecule has 0 amide bonds. The summed E-state index contributed by atoms with van der Waals surface area (Å²) in [6.45, 7) is -0.318. The van der Waals surface area contributed by atoms with Gasteiger partial charge in [0.2, 0.25) is 17.5 Å². The second-order valence-corrected chi connectivity index (χ2v) is 6.66. The molecule has 0 radical (unpaired) electrons. The number of aromatic hydroxyl groups is 2. The number of rotatable bonds is 3. The van der Waals surface area contributed by atoms with Gasteiger partial charge in [0.05, 0.1) is 6.61 Å². The van der Waals surface area contributed by atoms with Gasteiger partial charge >= 0.3 is 0 Å². The average Bonchev–Trinajstić information content (AvgIpc) is 2.70. The molecule has 0 bridgehead atoms. The summed E-state index contributed by atoms with van der Waals surface area (Å²) in [7, 11) is 0. The Hall–Kier alpha value is -3.11. The highest BCUT2D eigenvalue weighted by Gasteiger charge is 2.40. The number of benzene rings is 2. The lowest BCUT2D eigenvalue weighted by atomic mass is 10.1. The van der Waals surface area contributed by atoms with Crippen LogP contribution < -0.4 is 10.2 Å². The first kappa shape index (κ1) is 19.2.